The summed E-state index contributed by atoms with van der Waals surface area (Å²) in [6.07, 6.45) is 7.53. The van der Waals surface area contributed by atoms with Crippen LogP contribution in [0.15, 0.2) is 0 Å². The molecule has 0 bridgehead atoms. The van der Waals surface area contributed by atoms with Crippen molar-refractivity contribution in [2.24, 2.45) is 11.1 Å². The van der Waals surface area contributed by atoms with Crippen LogP contribution < -0.4 is 5.73 Å². The van der Waals surface area contributed by atoms with E-state index < -0.39 is 22.9 Å². The highest BCUT2D eigenvalue weighted by Crippen LogP contribution is 2.32. The molecule has 4 heteroatoms. The summed E-state index contributed by atoms with van der Waals surface area (Å²) in [6.45, 7) is 9.41. The number of esters is 1. The lowest BCUT2D eigenvalue weighted by Gasteiger charge is -2.31. The van der Waals surface area contributed by atoms with Gasteiger partial charge in [0, 0.05) is 0 Å². The van der Waals surface area contributed by atoms with E-state index in [1.54, 1.807) is 20.8 Å². The van der Waals surface area contributed by atoms with Crippen molar-refractivity contribution in [1.29, 1.82) is 0 Å². The van der Waals surface area contributed by atoms with Crippen molar-refractivity contribution >= 4 is 11.9 Å². The van der Waals surface area contributed by atoms with Crippen LogP contribution in [0.1, 0.15) is 86.0 Å². The van der Waals surface area contributed by atoms with Crippen LogP contribution in [0, 0.1) is 5.41 Å². The Labute approximate surface area is 129 Å². The maximum atomic E-state index is 12.4. The van der Waals surface area contributed by atoms with E-state index in [1.807, 2.05) is 6.92 Å². The number of hydrogen-bond donors (Lipinski definition) is 1. The van der Waals surface area contributed by atoms with Gasteiger partial charge in [0.1, 0.15) is 11.0 Å². The van der Waals surface area contributed by atoms with Crippen molar-refractivity contribution < 1.29 is 14.3 Å². The van der Waals surface area contributed by atoms with Gasteiger partial charge < -0.3 is 10.5 Å². The monoisotopic (exact) mass is 299 g/mol. The lowest BCUT2D eigenvalue weighted by molar-refractivity contribution is -0.171. The minimum absolute atomic E-state index is 0.395. The lowest BCUT2D eigenvalue weighted by atomic mass is 9.79. The van der Waals surface area contributed by atoms with Crippen LogP contribution >= 0.6 is 0 Å². The summed E-state index contributed by atoms with van der Waals surface area (Å²) in [6, 6.07) is 0. The van der Waals surface area contributed by atoms with Crippen molar-refractivity contribution in [3.05, 3.63) is 0 Å². The van der Waals surface area contributed by atoms with E-state index in [0.717, 1.165) is 19.3 Å². The Balaban J connectivity index is 4.63. The van der Waals surface area contributed by atoms with E-state index >= 15 is 0 Å². The zero-order chi connectivity index (χ0) is 16.5. The molecule has 1 amide bonds. The topological polar surface area (TPSA) is 69.4 Å². The molecule has 0 unspecified atom stereocenters. The van der Waals surface area contributed by atoms with E-state index in [0.29, 0.717) is 12.8 Å². The zero-order valence-electron chi connectivity index (χ0n) is 14.5. The van der Waals surface area contributed by atoms with E-state index in [-0.39, 0.29) is 0 Å². The van der Waals surface area contributed by atoms with Crippen LogP contribution in [0.2, 0.25) is 0 Å². The Morgan fingerprint density at radius 1 is 0.952 bits per heavy atom. The number of nitrogens with two attached hydrogens (primary N) is 1. The number of primary amides is 1. The molecule has 21 heavy (non-hydrogen) atoms. The Kier molecular flexibility index (Phi) is 8.60. The third kappa shape index (κ3) is 6.96. The fourth-order valence-electron chi connectivity index (χ4n) is 2.40. The molecular formula is C17H33NO3. The highest BCUT2D eigenvalue weighted by atomic mass is 16.6. The van der Waals surface area contributed by atoms with Gasteiger partial charge in [0.05, 0.1) is 0 Å². The fraction of sp³-hybridized carbons (Fsp3) is 0.882. The third-order valence-corrected chi connectivity index (χ3v) is 3.82. The standard InChI is InChI=1S/C17H33NO3/c1-6-8-9-10-11-12-13-17(7-2,14(18)19)15(20)21-16(3,4)5/h6-13H2,1-5H3,(H2,18,19)/t17-/m1/s1. The molecule has 0 aliphatic carbocycles. The first kappa shape index (κ1) is 19.9. The largest absolute Gasteiger partial charge is 0.459 e. The van der Waals surface area contributed by atoms with Gasteiger partial charge in [-0.05, 0) is 33.6 Å². The number of carbonyl (C=O) groups is 2. The first-order chi connectivity index (χ1) is 9.69. The molecule has 0 aliphatic rings. The summed E-state index contributed by atoms with van der Waals surface area (Å²) in [7, 11) is 0. The molecule has 0 saturated carbocycles. The SMILES string of the molecule is CCCCCCCC[C@](CC)(C(N)=O)C(=O)OC(C)(C)C. The van der Waals surface area contributed by atoms with E-state index in [2.05, 4.69) is 6.92 Å². The van der Waals surface area contributed by atoms with Crippen LogP contribution in [0.3, 0.4) is 0 Å². The van der Waals surface area contributed by atoms with Gasteiger partial charge in [-0.25, -0.2) is 0 Å². The second kappa shape index (κ2) is 9.06. The number of carbonyl (C=O) groups excluding carboxylic acids is 2. The highest BCUT2D eigenvalue weighted by molar-refractivity contribution is 6.02. The second-order valence-corrected chi connectivity index (χ2v) is 6.82. The van der Waals surface area contributed by atoms with E-state index in [4.69, 9.17) is 10.5 Å². The average Bonchev–Trinajstić information content (AvgIpc) is 2.35. The molecule has 124 valence electrons. The van der Waals surface area contributed by atoms with Crippen LogP contribution in [-0.2, 0) is 14.3 Å². The number of amides is 1. The number of unbranched alkanes of at least 4 members (excludes halogenated alkanes) is 5. The van der Waals surface area contributed by atoms with Crippen LogP contribution in [-0.4, -0.2) is 17.5 Å². The van der Waals surface area contributed by atoms with Crippen LogP contribution in [0.5, 0.6) is 0 Å². The molecule has 0 aliphatic heterocycles. The van der Waals surface area contributed by atoms with Crippen molar-refractivity contribution in [3.8, 4) is 0 Å². The normalized spacial score (nSPS) is 14.5. The summed E-state index contributed by atoms with van der Waals surface area (Å²) in [5, 5.41) is 0. The molecular weight excluding hydrogens is 266 g/mol. The van der Waals surface area contributed by atoms with Gasteiger partial charge in [-0.2, -0.15) is 0 Å². The van der Waals surface area contributed by atoms with E-state index in [1.165, 1.54) is 19.3 Å². The van der Waals surface area contributed by atoms with Crippen molar-refractivity contribution in [2.45, 2.75) is 91.6 Å². The number of hydrogen-bond acceptors (Lipinski definition) is 3. The zero-order valence-corrected chi connectivity index (χ0v) is 14.5. The summed E-state index contributed by atoms with van der Waals surface area (Å²) in [4.78, 5) is 24.3. The van der Waals surface area contributed by atoms with Crippen LogP contribution in [0.25, 0.3) is 0 Å². The minimum atomic E-state index is -1.17. The molecule has 1 atom stereocenters. The van der Waals surface area contributed by atoms with Gasteiger partial charge in [0.15, 0.2) is 0 Å². The third-order valence-electron chi connectivity index (χ3n) is 3.82. The predicted octanol–water partition coefficient (Wildman–Crippen LogP) is 3.96. The van der Waals surface area contributed by atoms with Gasteiger partial charge in [-0.3, -0.25) is 9.59 Å². The molecule has 0 heterocycles. The second-order valence-electron chi connectivity index (χ2n) is 6.82. The average molecular weight is 299 g/mol. The summed E-state index contributed by atoms with van der Waals surface area (Å²) >= 11 is 0. The van der Waals surface area contributed by atoms with E-state index in [9.17, 15) is 9.59 Å². The number of ether oxygens (including phenoxy) is 1. The lowest BCUT2D eigenvalue weighted by Crippen LogP contribution is -2.46. The van der Waals surface area contributed by atoms with Crippen molar-refractivity contribution in [1.82, 2.24) is 0 Å². The van der Waals surface area contributed by atoms with Crippen molar-refractivity contribution in [2.75, 3.05) is 0 Å². The van der Waals surface area contributed by atoms with Gasteiger partial charge >= 0.3 is 5.97 Å². The molecule has 0 aromatic rings. The van der Waals surface area contributed by atoms with Crippen LogP contribution in [0.4, 0.5) is 0 Å². The first-order valence-corrected chi connectivity index (χ1v) is 8.23. The quantitative estimate of drug-likeness (QED) is 0.377. The molecule has 0 aromatic heterocycles. The van der Waals surface area contributed by atoms with Gasteiger partial charge in [0.25, 0.3) is 0 Å². The van der Waals surface area contributed by atoms with Crippen molar-refractivity contribution in [3.63, 3.8) is 0 Å². The Bertz CT molecular complexity index is 333. The fourth-order valence-corrected chi connectivity index (χ4v) is 2.40. The molecule has 0 aromatic carbocycles. The molecule has 0 saturated heterocycles. The Morgan fingerprint density at radius 2 is 1.48 bits per heavy atom. The minimum Gasteiger partial charge on any atom is -0.459 e. The van der Waals surface area contributed by atoms with Gasteiger partial charge in [-0.1, -0.05) is 52.4 Å². The summed E-state index contributed by atoms with van der Waals surface area (Å²) in [5.74, 6) is -1.04. The molecule has 0 radical (unpaired) electrons. The molecule has 4 nitrogen and oxygen atoms in total. The first-order valence-electron chi connectivity index (χ1n) is 8.23. The maximum Gasteiger partial charge on any atom is 0.322 e. The molecule has 0 fully saturated rings. The van der Waals surface area contributed by atoms with Gasteiger partial charge in [-0.15, -0.1) is 0 Å². The Morgan fingerprint density at radius 3 is 1.90 bits per heavy atom. The number of rotatable bonds is 10. The summed E-state index contributed by atoms with van der Waals surface area (Å²) in [5.41, 5.74) is 3.75. The Hall–Kier alpha value is -1.06. The molecule has 2 N–H and O–H groups in total. The molecule has 0 rings (SSSR count). The van der Waals surface area contributed by atoms with Gasteiger partial charge in [0.2, 0.25) is 5.91 Å². The molecule has 0 spiro atoms. The summed E-state index contributed by atoms with van der Waals surface area (Å²) < 4.78 is 5.41. The maximum absolute atomic E-state index is 12.4. The predicted molar refractivity (Wildman–Crippen MR) is 85.8 cm³/mol. The highest BCUT2D eigenvalue weighted by Gasteiger charge is 2.45. The smallest absolute Gasteiger partial charge is 0.322 e.